The predicted molar refractivity (Wildman–Crippen MR) is 58.5 cm³/mol. The molecule has 0 aromatic carbocycles. The first-order valence-electron chi connectivity index (χ1n) is 4.87. The van der Waals surface area contributed by atoms with Crippen LogP contribution in [0.1, 0.15) is 6.92 Å². The van der Waals surface area contributed by atoms with Crippen LogP contribution >= 0.6 is 0 Å². The lowest BCUT2D eigenvalue weighted by Crippen LogP contribution is -2.13. The third-order valence-electron chi connectivity index (χ3n) is 1.73. The van der Waals surface area contributed by atoms with Crippen molar-refractivity contribution in [1.29, 1.82) is 0 Å². The molecule has 0 atom stereocenters. The zero-order valence-electron chi connectivity index (χ0n) is 9.25. The number of rotatable bonds is 7. The minimum atomic E-state index is -0.629. The molecule has 0 unspecified atom stereocenters. The van der Waals surface area contributed by atoms with Crippen LogP contribution in [0.3, 0.4) is 0 Å². The topological polar surface area (TPSA) is 125 Å². The summed E-state index contributed by atoms with van der Waals surface area (Å²) in [5, 5.41) is 10.7. The van der Waals surface area contributed by atoms with Crippen molar-refractivity contribution in [2.24, 2.45) is 5.84 Å². The zero-order chi connectivity index (χ0) is 12.7. The van der Waals surface area contributed by atoms with Crippen molar-refractivity contribution in [3.8, 4) is 5.88 Å². The minimum absolute atomic E-state index is 0.0435. The Bertz CT molecular complexity index is 386. The molecule has 0 saturated heterocycles. The average molecular weight is 243 g/mol. The number of hydrogen-bond donors (Lipinski definition) is 2. The number of hydrogen-bond acceptors (Lipinski definition) is 8. The molecule has 1 aromatic rings. The van der Waals surface area contributed by atoms with Crippen LogP contribution in [-0.2, 0) is 4.74 Å². The first-order valence-corrected chi connectivity index (χ1v) is 4.87. The second-order valence-corrected chi connectivity index (χ2v) is 2.83. The molecule has 0 fully saturated rings. The normalized spacial score (nSPS) is 10.0. The summed E-state index contributed by atoms with van der Waals surface area (Å²) in [6.07, 6.45) is 1.03. The maximum atomic E-state index is 10.7. The quantitative estimate of drug-likeness (QED) is 0.298. The van der Waals surface area contributed by atoms with E-state index in [0.29, 0.717) is 13.2 Å². The fourth-order valence-corrected chi connectivity index (χ4v) is 1.00. The van der Waals surface area contributed by atoms with Gasteiger partial charge in [0, 0.05) is 6.61 Å². The van der Waals surface area contributed by atoms with E-state index < -0.39 is 4.92 Å². The monoisotopic (exact) mass is 243 g/mol. The highest BCUT2D eigenvalue weighted by Gasteiger charge is 2.18. The average Bonchev–Trinajstić information content (AvgIpc) is 2.34. The molecule has 1 heterocycles. The van der Waals surface area contributed by atoms with Gasteiger partial charge in [0.15, 0.2) is 0 Å². The molecule has 1 rings (SSSR count). The second-order valence-electron chi connectivity index (χ2n) is 2.83. The second kappa shape index (κ2) is 6.55. The summed E-state index contributed by atoms with van der Waals surface area (Å²) in [5.41, 5.74) is 1.86. The van der Waals surface area contributed by atoms with E-state index >= 15 is 0 Å². The SMILES string of the molecule is CCOCCOc1nc(NN)ncc1[N+](=O)[O-]. The van der Waals surface area contributed by atoms with Crippen molar-refractivity contribution in [3.05, 3.63) is 16.3 Å². The van der Waals surface area contributed by atoms with E-state index in [1.165, 1.54) is 0 Å². The van der Waals surface area contributed by atoms with E-state index in [9.17, 15) is 10.1 Å². The van der Waals surface area contributed by atoms with Gasteiger partial charge in [0.05, 0.1) is 11.5 Å². The van der Waals surface area contributed by atoms with Gasteiger partial charge < -0.3 is 9.47 Å². The van der Waals surface area contributed by atoms with Crippen LogP contribution in [-0.4, -0.2) is 34.7 Å². The summed E-state index contributed by atoms with van der Waals surface area (Å²) in [6, 6.07) is 0. The van der Waals surface area contributed by atoms with Crippen LogP contribution in [0, 0.1) is 10.1 Å². The van der Waals surface area contributed by atoms with Gasteiger partial charge in [-0.15, -0.1) is 0 Å². The number of aromatic nitrogens is 2. The Morgan fingerprint density at radius 1 is 1.59 bits per heavy atom. The Balaban J connectivity index is 2.75. The van der Waals surface area contributed by atoms with E-state index in [1.54, 1.807) is 0 Å². The molecule has 0 spiro atoms. The number of nitrogens with zero attached hydrogens (tertiary/aromatic N) is 3. The Morgan fingerprint density at radius 2 is 2.35 bits per heavy atom. The summed E-state index contributed by atoms with van der Waals surface area (Å²) in [5.74, 6) is 5.00. The largest absolute Gasteiger partial charge is 0.470 e. The van der Waals surface area contributed by atoms with Gasteiger partial charge >= 0.3 is 5.69 Å². The highest BCUT2D eigenvalue weighted by molar-refractivity contribution is 5.42. The van der Waals surface area contributed by atoms with E-state index in [0.717, 1.165) is 6.20 Å². The molecule has 17 heavy (non-hydrogen) atoms. The molecule has 0 aliphatic heterocycles. The van der Waals surface area contributed by atoms with Gasteiger partial charge in [-0.05, 0) is 6.92 Å². The number of ether oxygens (including phenoxy) is 2. The molecular weight excluding hydrogens is 230 g/mol. The molecule has 9 heteroatoms. The zero-order valence-corrected chi connectivity index (χ0v) is 9.25. The Hall–Kier alpha value is -2.00. The lowest BCUT2D eigenvalue weighted by atomic mass is 10.5. The van der Waals surface area contributed by atoms with Crippen molar-refractivity contribution < 1.29 is 14.4 Å². The summed E-state index contributed by atoms with van der Waals surface area (Å²) in [4.78, 5) is 17.4. The lowest BCUT2D eigenvalue weighted by molar-refractivity contribution is -0.386. The van der Waals surface area contributed by atoms with Crippen LogP contribution in [0.5, 0.6) is 5.88 Å². The fraction of sp³-hybridized carbons (Fsp3) is 0.500. The van der Waals surface area contributed by atoms with Crippen LogP contribution in [0.2, 0.25) is 0 Å². The lowest BCUT2D eigenvalue weighted by Gasteiger charge is -2.06. The highest BCUT2D eigenvalue weighted by Crippen LogP contribution is 2.23. The van der Waals surface area contributed by atoms with Crippen LogP contribution in [0.25, 0.3) is 0 Å². The van der Waals surface area contributed by atoms with Crippen molar-refractivity contribution >= 4 is 11.6 Å². The Kier molecular flexibility index (Phi) is 5.04. The number of nitro groups is 1. The first kappa shape index (κ1) is 13.1. The third kappa shape index (κ3) is 3.81. The fourth-order valence-electron chi connectivity index (χ4n) is 1.00. The summed E-state index contributed by atoms with van der Waals surface area (Å²) in [6.45, 7) is 2.87. The van der Waals surface area contributed by atoms with Gasteiger partial charge in [0.1, 0.15) is 12.8 Å². The molecule has 9 nitrogen and oxygen atoms in total. The molecule has 0 amide bonds. The van der Waals surface area contributed by atoms with Crippen LogP contribution < -0.4 is 16.0 Å². The van der Waals surface area contributed by atoms with Crippen molar-refractivity contribution in [1.82, 2.24) is 9.97 Å². The van der Waals surface area contributed by atoms with Crippen molar-refractivity contribution in [3.63, 3.8) is 0 Å². The van der Waals surface area contributed by atoms with Crippen LogP contribution in [0.15, 0.2) is 6.20 Å². The van der Waals surface area contributed by atoms with E-state index in [1.807, 2.05) is 6.92 Å². The van der Waals surface area contributed by atoms with Crippen molar-refractivity contribution in [2.45, 2.75) is 6.92 Å². The summed E-state index contributed by atoms with van der Waals surface area (Å²) >= 11 is 0. The predicted octanol–water partition coefficient (Wildman–Crippen LogP) is 0.0857. The van der Waals surface area contributed by atoms with Crippen molar-refractivity contribution in [2.75, 3.05) is 25.2 Å². The van der Waals surface area contributed by atoms with E-state index in [-0.39, 0.29) is 24.1 Å². The Labute approximate surface area is 97.1 Å². The van der Waals surface area contributed by atoms with Gasteiger partial charge in [0.25, 0.3) is 5.88 Å². The van der Waals surface area contributed by atoms with E-state index in [4.69, 9.17) is 15.3 Å². The van der Waals surface area contributed by atoms with Gasteiger partial charge in [0.2, 0.25) is 5.95 Å². The molecule has 0 aliphatic carbocycles. The number of nitrogens with one attached hydrogen (secondary N) is 1. The molecule has 0 radical (unpaired) electrons. The molecule has 0 bridgehead atoms. The van der Waals surface area contributed by atoms with E-state index in [2.05, 4.69) is 15.4 Å². The smallest absolute Gasteiger partial charge is 0.349 e. The molecule has 0 saturated carbocycles. The first-order chi connectivity index (χ1) is 8.19. The summed E-state index contributed by atoms with van der Waals surface area (Å²) < 4.78 is 10.2. The maximum absolute atomic E-state index is 10.7. The number of nitrogens with two attached hydrogens (primary N) is 1. The minimum Gasteiger partial charge on any atom is -0.470 e. The summed E-state index contributed by atoms with van der Waals surface area (Å²) in [7, 11) is 0. The maximum Gasteiger partial charge on any atom is 0.349 e. The molecule has 1 aromatic heterocycles. The molecule has 3 N–H and O–H groups in total. The van der Waals surface area contributed by atoms with Crippen LogP contribution in [0.4, 0.5) is 11.6 Å². The number of hydrazine groups is 1. The van der Waals surface area contributed by atoms with Gasteiger partial charge in [-0.3, -0.25) is 15.5 Å². The number of anilines is 1. The third-order valence-corrected chi connectivity index (χ3v) is 1.73. The van der Waals surface area contributed by atoms with Gasteiger partial charge in [-0.1, -0.05) is 0 Å². The van der Waals surface area contributed by atoms with Gasteiger partial charge in [-0.25, -0.2) is 10.8 Å². The number of nitrogen functional groups attached to an aromatic ring is 1. The highest BCUT2D eigenvalue weighted by atomic mass is 16.6. The molecule has 0 aliphatic rings. The Morgan fingerprint density at radius 3 is 2.94 bits per heavy atom. The molecule has 94 valence electrons. The molecular formula is C8H13N5O4. The van der Waals surface area contributed by atoms with Gasteiger partial charge in [-0.2, -0.15) is 4.98 Å². The standard InChI is InChI=1S/C8H13N5O4/c1-2-16-3-4-17-7-6(13(14)15)5-10-8(11-7)12-9/h5H,2-4,9H2,1H3,(H,10,11,12).